The minimum Gasteiger partial charge on any atom is -0.480 e. The van der Waals surface area contributed by atoms with Gasteiger partial charge in [0.25, 0.3) is 5.91 Å². The SMILES string of the molecule is Cc1cc(C)cc(C(=O)NCC(=O)N[C@H](CC(C)C)C(=O)O)c1. The summed E-state index contributed by atoms with van der Waals surface area (Å²) >= 11 is 0. The molecule has 0 aliphatic rings. The smallest absolute Gasteiger partial charge is 0.326 e. The van der Waals surface area contributed by atoms with Gasteiger partial charge in [-0.3, -0.25) is 9.59 Å². The van der Waals surface area contributed by atoms with Crippen molar-refractivity contribution in [2.24, 2.45) is 5.92 Å². The molecule has 0 heterocycles. The zero-order chi connectivity index (χ0) is 17.6. The lowest BCUT2D eigenvalue weighted by Crippen LogP contribution is -2.46. The number of carbonyl (C=O) groups excluding carboxylic acids is 2. The van der Waals surface area contributed by atoms with Crippen LogP contribution in [-0.2, 0) is 9.59 Å². The van der Waals surface area contributed by atoms with Gasteiger partial charge in [0.15, 0.2) is 0 Å². The quantitative estimate of drug-likeness (QED) is 0.712. The highest BCUT2D eigenvalue weighted by atomic mass is 16.4. The Kier molecular flexibility index (Phi) is 6.75. The van der Waals surface area contributed by atoms with Crippen molar-refractivity contribution in [3.63, 3.8) is 0 Å². The average molecular weight is 320 g/mol. The predicted octanol–water partition coefficient (Wildman–Crippen LogP) is 1.65. The van der Waals surface area contributed by atoms with Gasteiger partial charge in [-0.05, 0) is 38.3 Å². The average Bonchev–Trinajstić information content (AvgIpc) is 2.42. The molecule has 0 aliphatic carbocycles. The van der Waals surface area contributed by atoms with Crippen LogP contribution in [0.5, 0.6) is 0 Å². The van der Waals surface area contributed by atoms with E-state index in [1.54, 1.807) is 12.1 Å². The normalized spacial score (nSPS) is 11.9. The zero-order valence-electron chi connectivity index (χ0n) is 14.0. The molecular weight excluding hydrogens is 296 g/mol. The van der Waals surface area contributed by atoms with Gasteiger partial charge < -0.3 is 15.7 Å². The lowest BCUT2D eigenvalue weighted by molar-refractivity contribution is -0.142. The van der Waals surface area contributed by atoms with Gasteiger partial charge in [0.2, 0.25) is 5.91 Å². The van der Waals surface area contributed by atoms with E-state index in [-0.39, 0.29) is 18.4 Å². The van der Waals surface area contributed by atoms with Crippen molar-refractivity contribution in [1.29, 1.82) is 0 Å². The maximum Gasteiger partial charge on any atom is 0.326 e. The summed E-state index contributed by atoms with van der Waals surface area (Å²) < 4.78 is 0. The number of carboxylic acid groups (broad SMARTS) is 1. The molecule has 6 nitrogen and oxygen atoms in total. The highest BCUT2D eigenvalue weighted by molar-refractivity contribution is 5.97. The number of hydrogen-bond donors (Lipinski definition) is 3. The molecule has 126 valence electrons. The molecule has 23 heavy (non-hydrogen) atoms. The van der Waals surface area contributed by atoms with E-state index in [1.165, 1.54) is 0 Å². The van der Waals surface area contributed by atoms with Crippen LogP contribution in [0.3, 0.4) is 0 Å². The molecule has 1 atom stereocenters. The van der Waals surface area contributed by atoms with Crippen molar-refractivity contribution in [1.82, 2.24) is 10.6 Å². The number of nitrogens with one attached hydrogen (secondary N) is 2. The summed E-state index contributed by atoms with van der Waals surface area (Å²) in [6.45, 7) is 7.28. The first kappa shape index (κ1) is 18.7. The Hall–Kier alpha value is -2.37. The van der Waals surface area contributed by atoms with Gasteiger partial charge in [0.05, 0.1) is 6.54 Å². The van der Waals surface area contributed by atoms with Gasteiger partial charge in [-0.15, -0.1) is 0 Å². The predicted molar refractivity (Wildman–Crippen MR) is 87.3 cm³/mol. The maximum absolute atomic E-state index is 12.0. The fraction of sp³-hybridized carbons (Fsp3) is 0.471. The van der Waals surface area contributed by atoms with Crippen molar-refractivity contribution in [3.8, 4) is 0 Å². The third-order valence-corrected chi connectivity index (χ3v) is 3.23. The minimum atomic E-state index is -1.08. The molecule has 3 N–H and O–H groups in total. The van der Waals surface area contributed by atoms with Crippen LogP contribution < -0.4 is 10.6 Å². The number of benzene rings is 1. The number of hydrogen-bond acceptors (Lipinski definition) is 3. The molecule has 1 aromatic carbocycles. The fourth-order valence-electron chi connectivity index (χ4n) is 2.31. The molecule has 0 aromatic heterocycles. The van der Waals surface area contributed by atoms with Crippen molar-refractivity contribution in [2.45, 2.75) is 40.2 Å². The second-order valence-electron chi connectivity index (χ2n) is 6.15. The van der Waals surface area contributed by atoms with Crippen LogP contribution >= 0.6 is 0 Å². The highest BCUT2D eigenvalue weighted by Gasteiger charge is 2.21. The van der Waals surface area contributed by atoms with E-state index in [0.29, 0.717) is 12.0 Å². The molecule has 1 rings (SSSR count). The molecular formula is C17H24N2O4. The summed E-state index contributed by atoms with van der Waals surface area (Å²) in [6.07, 6.45) is 0.339. The van der Waals surface area contributed by atoms with Gasteiger partial charge >= 0.3 is 5.97 Å². The number of rotatable bonds is 7. The number of carbonyl (C=O) groups is 3. The number of amides is 2. The molecule has 2 amide bonds. The molecule has 6 heteroatoms. The Morgan fingerprint density at radius 2 is 1.65 bits per heavy atom. The number of aryl methyl sites for hydroxylation is 2. The van der Waals surface area contributed by atoms with Gasteiger partial charge in [0.1, 0.15) is 6.04 Å². The highest BCUT2D eigenvalue weighted by Crippen LogP contribution is 2.08. The summed E-state index contributed by atoms with van der Waals surface area (Å²) in [5.41, 5.74) is 2.40. The summed E-state index contributed by atoms with van der Waals surface area (Å²) in [4.78, 5) is 35.0. The molecule has 1 aromatic rings. The van der Waals surface area contributed by atoms with Crippen molar-refractivity contribution in [2.75, 3.05) is 6.54 Å². The zero-order valence-corrected chi connectivity index (χ0v) is 14.0. The van der Waals surface area contributed by atoms with Crippen molar-refractivity contribution in [3.05, 3.63) is 34.9 Å². The van der Waals surface area contributed by atoms with E-state index < -0.39 is 17.9 Å². The monoisotopic (exact) mass is 320 g/mol. The number of carboxylic acids is 1. The van der Waals surface area contributed by atoms with Gasteiger partial charge in [0, 0.05) is 5.56 Å². The van der Waals surface area contributed by atoms with Gasteiger partial charge in [-0.25, -0.2) is 4.79 Å². The van der Waals surface area contributed by atoms with Crippen LogP contribution in [0.2, 0.25) is 0 Å². The first-order chi connectivity index (χ1) is 10.7. The lowest BCUT2D eigenvalue weighted by Gasteiger charge is -2.16. The molecule has 0 saturated heterocycles. The second-order valence-corrected chi connectivity index (χ2v) is 6.15. The third kappa shape index (κ3) is 6.50. The molecule has 0 spiro atoms. The van der Waals surface area contributed by atoms with E-state index in [2.05, 4.69) is 10.6 Å². The van der Waals surface area contributed by atoms with Gasteiger partial charge in [-0.1, -0.05) is 31.0 Å². The Morgan fingerprint density at radius 3 is 2.13 bits per heavy atom. The van der Waals surface area contributed by atoms with Crippen molar-refractivity contribution < 1.29 is 19.5 Å². The molecule has 0 unspecified atom stereocenters. The molecule has 0 fully saturated rings. The van der Waals surface area contributed by atoms with Gasteiger partial charge in [-0.2, -0.15) is 0 Å². The molecule has 0 radical (unpaired) electrons. The van der Waals surface area contributed by atoms with Crippen LogP contribution in [0.1, 0.15) is 41.8 Å². The largest absolute Gasteiger partial charge is 0.480 e. The van der Waals surface area contributed by atoms with Crippen LogP contribution in [0.15, 0.2) is 18.2 Å². The Morgan fingerprint density at radius 1 is 1.09 bits per heavy atom. The summed E-state index contributed by atoms with van der Waals surface area (Å²) in [7, 11) is 0. The number of aliphatic carboxylic acids is 1. The second kappa shape index (κ2) is 8.31. The fourth-order valence-corrected chi connectivity index (χ4v) is 2.31. The first-order valence-corrected chi connectivity index (χ1v) is 7.57. The standard InChI is InChI=1S/C17H24N2O4/c1-10(2)5-14(17(22)23)19-15(20)9-18-16(21)13-7-11(3)6-12(4)8-13/h6-8,10,14H,5,9H2,1-4H3,(H,18,21)(H,19,20)(H,22,23)/t14-/m1/s1. The van der Waals surface area contributed by atoms with Crippen molar-refractivity contribution >= 4 is 17.8 Å². The van der Waals surface area contributed by atoms with E-state index in [1.807, 2.05) is 33.8 Å². The van der Waals surface area contributed by atoms with E-state index in [9.17, 15) is 14.4 Å². The third-order valence-electron chi connectivity index (χ3n) is 3.23. The van der Waals surface area contributed by atoms with Crippen LogP contribution in [0, 0.1) is 19.8 Å². The maximum atomic E-state index is 12.0. The van der Waals surface area contributed by atoms with E-state index >= 15 is 0 Å². The molecule has 0 aliphatic heterocycles. The van der Waals surface area contributed by atoms with Crippen LogP contribution in [0.4, 0.5) is 0 Å². The topological polar surface area (TPSA) is 95.5 Å². The van der Waals surface area contributed by atoms with Crippen LogP contribution in [0.25, 0.3) is 0 Å². The lowest BCUT2D eigenvalue weighted by atomic mass is 10.0. The Labute approximate surface area is 136 Å². The minimum absolute atomic E-state index is 0.140. The summed E-state index contributed by atoms with van der Waals surface area (Å²) in [5, 5.41) is 14.0. The summed E-state index contributed by atoms with van der Waals surface area (Å²) in [5.74, 6) is -1.81. The molecule has 0 bridgehead atoms. The Bertz CT molecular complexity index is 576. The molecule has 0 saturated carbocycles. The van der Waals surface area contributed by atoms with E-state index in [4.69, 9.17) is 5.11 Å². The van der Waals surface area contributed by atoms with Crippen LogP contribution in [-0.4, -0.2) is 35.5 Å². The first-order valence-electron chi connectivity index (χ1n) is 7.57. The Balaban J connectivity index is 2.57. The van der Waals surface area contributed by atoms with E-state index in [0.717, 1.165) is 11.1 Å². The summed E-state index contributed by atoms with van der Waals surface area (Å²) in [6, 6.07) is 4.48.